The van der Waals surface area contributed by atoms with Crippen LogP contribution in [0.1, 0.15) is 38.3 Å². The highest BCUT2D eigenvalue weighted by Gasteiger charge is 2.35. The number of rotatable bonds is 15. The van der Waals surface area contributed by atoms with Crippen LogP contribution in [0.15, 0.2) is 108 Å². The molecule has 0 saturated carbocycles. The SMILES string of the molecule is CCOc1ccc(N(CC(=O)N(Cc2ccccc2F)[C@@H](Cc2ccccc2)C(=O)N[C@H](C)CC)S(=O)(=O)c2ccc(F)cc2)cc1. The van der Waals surface area contributed by atoms with Crippen molar-refractivity contribution in [3.63, 3.8) is 0 Å². The minimum absolute atomic E-state index is 0.0943. The molecule has 0 aliphatic heterocycles. The van der Waals surface area contributed by atoms with Crippen molar-refractivity contribution in [2.45, 2.75) is 57.1 Å². The fourth-order valence-corrected chi connectivity index (χ4v) is 6.36. The lowest BCUT2D eigenvalue weighted by molar-refractivity contribution is -0.140. The van der Waals surface area contributed by atoms with Gasteiger partial charge in [0.05, 0.1) is 17.2 Å². The van der Waals surface area contributed by atoms with Crippen LogP contribution in [0.25, 0.3) is 0 Å². The molecule has 11 heteroatoms. The summed E-state index contributed by atoms with van der Waals surface area (Å²) in [6.45, 7) is 4.92. The maximum absolute atomic E-state index is 15.1. The standard InChI is InChI=1S/C36H39F2N3O5S/c1-4-26(3)39-36(43)34(23-27-11-7-6-8-12-27)40(24-28-13-9-10-14-33(28)38)35(42)25-41(30-17-19-31(20-18-30)46-5-2)47(44,45)32-21-15-29(37)16-22-32/h6-22,26,34H,4-5,23-25H2,1-3H3,(H,39,43)/t26-,34+/m1/s1. The van der Waals surface area contributed by atoms with E-state index < -0.39 is 46.1 Å². The van der Waals surface area contributed by atoms with Crippen molar-refractivity contribution in [1.29, 1.82) is 0 Å². The van der Waals surface area contributed by atoms with Crippen LogP contribution in [-0.2, 0) is 32.6 Å². The Hall–Kier alpha value is -4.77. The Morgan fingerprint density at radius 2 is 1.49 bits per heavy atom. The Morgan fingerprint density at radius 3 is 2.11 bits per heavy atom. The van der Waals surface area contributed by atoms with Gasteiger partial charge < -0.3 is 15.0 Å². The molecule has 0 spiro atoms. The van der Waals surface area contributed by atoms with Gasteiger partial charge in [0.1, 0.15) is 30.0 Å². The van der Waals surface area contributed by atoms with E-state index in [0.29, 0.717) is 18.8 Å². The van der Waals surface area contributed by atoms with Gasteiger partial charge in [0.2, 0.25) is 11.8 Å². The second-order valence-electron chi connectivity index (χ2n) is 11.0. The third-order valence-electron chi connectivity index (χ3n) is 7.69. The normalized spacial score (nSPS) is 12.5. The molecule has 0 radical (unpaired) electrons. The maximum atomic E-state index is 15.1. The van der Waals surface area contributed by atoms with Gasteiger partial charge >= 0.3 is 0 Å². The second kappa shape index (κ2) is 16.2. The first kappa shape index (κ1) is 35.1. The first-order chi connectivity index (χ1) is 22.5. The van der Waals surface area contributed by atoms with Crippen molar-refractivity contribution in [3.8, 4) is 5.75 Å². The summed E-state index contributed by atoms with van der Waals surface area (Å²) in [6, 6.07) is 24.1. The van der Waals surface area contributed by atoms with Gasteiger partial charge in [0, 0.05) is 24.6 Å². The van der Waals surface area contributed by atoms with Crippen molar-refractivity contribution in [2.24, 2.45) is 0 Å². The summed E-state index contributed by atoms with van der Waals surface area (Å²) < 4.78 is 63.4. The Bertz CT molecular complexity index is 1740. The largest absolute Gasteiger partial charge is 0.494 e. The molecule has 4 aromatic rings. The van der Waals surface area contributed by atoms with Crippen LogP contribution >= 0.6 is 0 Å². The van der Waals surface area contributed by atoms with Gasteiger partial charge in [-0.15, -0.1) is 0 Å². The van der Waals surface area contributed by atoms with E-state index in [1.165, 1.54) is 35.2 Å². The van der Waals surface area contributed by atoms with Crippen LogP contribution in [0.5, 0.6) is 5.75 Å². The van der Waals surface area contributed by atoms with E-state index in [9.17, 15) is 22.4 Å². The number of nitrogens with one attached hydrogen (secondary N) is 1. The zero-order chi connectivity index (χ0) is 34.0. The Labute approximate surface area is 275 Å². The summed E-state index contributed by atoms with van der Waals surface area (Å²) in [5, 5.41) is 2.94. The molecular weight excluding hydrogens is 624 g/mol. The van der Waals surface area contributed by atoms with E-state index >= 15 is 4.39 Å². The zero-order valence-electron chi connectivity index (χ0n) is 26.6. The van der Waals surface area contributed by atoms with Gasteiger partial charge in [0.15, 0.2) is 0 Å². The highest BCUT2D eigenvalue weighted by molar-refractivity contribution is 7.92. The minimum Gasteiger partial charge on any atom is -0.494 e. The number of sulfonamides is 1. The van der Waals surface area contributed by atoms with Crippen molar-refractivity contribution in [2.75, 3.05) is 17.5 Å². The van der Waals surface area contributed by atoms with Crippen molar-refractivity contribution < 1.29 is 31.5 Å². The van der Waals surface area contributed by atoms with Crippen LogP contribution in [0.3, 0.4) is 0 Å². The lowest BCUT2D eigenvalue weighted by atomic mass is 10.0. The topological polar surface area (TPSA) is 96.0 Å². The molecule has 4 aromatic carbocycles. The summed E-state index contributed by atoms with van der Waals surface area (Å²) in [5.74, 6) is -1.91. The molecule has 248 valence electrons. The van der Waals surface area contributed by atoms with Gasteiger partial charge in [-0.1, -0.05) is 55.5 Å². The average molecular weight is 664 g/mol. The van der Waals surface area contributed by atoms with Crippen molar-refractivity contribution in [3.05, 3.63) is 126 Å². The zero-order valence-corrected chi connectivity index (χ0v) is 27.4. The predicted octanol–water partition coefficient (Wildman–Crippen LogP) is 6.11. The van der Waals surface area contributed by atoms with Crippen LogP contribution in [0.2, 0.25) is 0 Å². The lowest BCUT2D eigenvalue weighted by Gasteiger charge is -2.34. The molecule has 8 nitrogen and oxygen atoms in total. The Balaban J connectivity index is 1.81. The molecule has 2 atom stereocenters. The van der Waals surface area contributed by atoms with Crippen molar-refractivity contribution >= 4 is 27.5 Å². The molecule has 4 rings (SSSR count). The first-order valence-corrected chi connectivity index (χ1v) is 16.9. The van der Waals surface area contributed by atoms with E-state index in [-0.39, 0.29) is 35.2 Å². The van der Waals surface area contributed by atoms with Crippen LogP contribution in [-0.4, -0.2) is 50.4 Å². The number of halogens is 2. The highest BCUT2D eigenvalue weighted by Crippen LogP contribution is 2.27. The minimum atomic E-state index is -4.43. The number of carbonyl (C=O) groups is 2. The molecule has 47 heavy (non-hydrogen) atoms. The molecule has 0 aliphatic carbocycles. The van der Waals surface area contributed by atoms with E-state index in [0.717, 1.165) is 34.1 Å². The van der Waals surface area contributed by atoms with Gasteiger partial charge in [0.25, 0.3) is 10.0 Å². The summed E-state index contributed by atoms with van der Waals surface area (Å²) in [4.78, 5) is 29.3. The number of nitrogens with zero attached hydrogens (tertiary/aromatic N) is 2. The first-order valence-electron chi connectivity index (χ1n) is 15.4. The molecule has 0 unspecified atom stereocenters. The maximum Gasteiger partial charge on any atom is 0.264 e. The Morgan fingerprint density at radius 1 is 0.851 bits per heavy atom. The van der Waals surface area contributed by atoms with Crippen molar-refractivity contribution in [1.82, 2.24) is 10.2 Å². The summed E-state index contributed by atoms with van der Waals surface area (Å²) in [7, 11) is -4.43. The van der Waals surface area contributed by atoms with Gasteiger partial charge in [-0.05, 0) is 80.4 Å². The number of ether oxygens (including phenoxy) is 1. The van der Waals surface area contributed by atoms with Gasteiger partial charge in [-0.25, -0.2) is 17.2 Å². The molecule has 0 fully saturated rings. The molecule has 0 aliphatic rings. The fraction of sp³-hybridized carbons (Fsp3) is 0.278. The van der Waals surface area contributed by atoms with Crippen LogP contribution in [0.4, 0.5) is 14.5 Å². The van der Waals surface area contributed by atoms with Gasteiger partial charge in [-0.2, -0.15) is 0 Å². The van der Waals surface area contributed by atoms with E-state index in [2.05, 4.69) is 5.32 Å². The second-order valence-corrected chi connectivity index (χ2v) is 12.9. The number of carbonyl (C=O) groups excluding carboxylic acids is 2. The fourth-order valence-electron chi connectivity index (χ4n) is 4.94. The molecular formula is C36H39F2N3O5S. The van der Waals surface area contributed by atoms with E-state index in [1.54, 1.807) is 18.2 Å². The van der Waals surface area contributed by atoms with Gasteiger partial charge in [-0.3, -0.25) is 13.9 Å². The third-order valence-corrected chi connectivity index (χ3v) is 9.47. The predicted molar refractivity (Wildman–Crippen MR) is 177 cm³/mol. The molecule has 2 amide bonds. The summed E-state index contributed by atoms with van der Waals surface area (Å²) in [5.41, 5.74) is 1.05. The molecule has 0 saturated heterocycles. The smallest absolute Gasteiger partial charge is 0.264 e. The quantitative estimate of drug-likeness (QED) is 0.166. The molecule has 1 N–H and O–H groups in total. The van der Waals surface area contributed by atoms with E-state index in [1.807, 2.05) is 51.1 Å². The number of hydrogen-bond acceptors (Lipinski definition) is 5. The monoisotopic (exact) mass is 663 g/mol. The highest BCUT2D eigenvalue weighted by atomic mass is 32.2. The van der Waals surface area contributed by atoms with E-state index in [4.69, 9.17) is 4.74 Å². The van der Waals surface area contributed by atoms with Crippen LogP contribution in [0, 0.1) is 11.6 Å². The number of anilines is 1. The third kappa shape index (κ3) is 9.16. The summed E-state index contributed by atoms with van der Waals surface area (Å²) in [6.07, 6.45) is 0.726. The number of benzene rings is 4. The number of amides is 2. The Kier molecular flexibility index (Phi) is 12.1. The average Bonchev–Trinajstić information content (AvgIpc) is 3.07. The summed E-state index contributed by atoms with van der Waals surface area (Å²) >= 11 is 0. The molecule has 0 aromatic heterocycles. The molecule has 0 bridgehead atoms. The molecule has 0 heterocycles. The number of hydrogen-bond donors (Lipinski definition) is 1. The van der Waals surface area contributed by atoms with Crippen LogP contribution < -0.4 is 14.4 Å². The lowest BCUT2D eigenvalue weighted by Crippen LogP contribution is -2.54.